The fraction of sp³-hybridized carbons (Fsp3) is 0.385. The first-order valence-electron chi connectivity index (χ1n) is 6.35. The Morgan fingerprint density at radius 2 is 2.22 bits per heavy atom. The molecular formula is C13H13ClF3N3O2S. The standard InChI is InChI=1S/C13H13ClF3N3O2S/c1-19-6-8(12(18-19)13(15,16)17)20(11(21)5-14)7-10-9(22-2)3-4-23-10/h3-4,6H,5,7H2,1-2H3. The van der Waals surface area contributed by atoms with Crippen molar-refractivity contribution in [1.82, 2.24) is 9.78 Å². The number of nitrogens with zero attached hydrogens (tertiary/aromatic N) is 3. The summed E-state index contributed by atoms with van der Waals surface area (Å²) in [6.07, 6.45) is -3.53. The fourth-order valence-electron chi connectivity index (χ4n) is 2.02. The van der Waals surface area contributed by atoms with Gasteiger partial charge >= 0.3 is 6.18 Å². The van der Waals surface area contributed by atoms with Crippen molar-refractivity contribution in [2.24, 2.45) is 7.05 Å². The Morgan fingerprint density at radius 1 is 1.52 bits per heavy atom. The first-order chi connectivity index (χ1) is 10.8. The van der Waals surface area contributed by atoms with Crippen LogP contribution in [0.1, 0.15) is 10.6 Å². The molecule has 23 heavy (non-hydrogen) atoms. The molecule has 0 radical (unpaired) electrons. The van der Waals surface area contributed by atoms with Crippen LogP contribution in [0.15, 0.2) is 17.6 Å². The van der Waals surface area contributed by atoms with Crippen LogP contribution in [0, 0.1) is 0 Å². The first-order valence-corrected chi connectivity index (χ1v) is 7.76. The molecule has 0 aliphatic rings. The van der Waals surface area contributed by atoms with E-state index in [9.17, 15) is 18.0 Å². The highest BCUT2D eigenvalue weighted by atomic mass is 35.5. The van der Waals surface area contributed by atoms with Gasteiger partial charge in [-0.2, -0.15) is 18.3 Å². The minimum absolute atomic E-state index is 0.0822. The van der Waals surface area contributed by atoms with Gasteiger partial charge in [-0.15, -0.1) is 22.9 Å². The van der Waals surface area contributed by atoms with Crippen LogP contribution in [0.2, 0.25) is 0 Å². The van der Waals surface area contributed by atoms with Gasteiger partial charge in [0.25, 0.3) is 0 Å². The number of alkyl halides is 4. The summed E-state index contributed by atoms with van der Waals surface area (Å²) in [6.45, 7) is -0.0822. The summed E-state index contributed by atoms with van der Waals surface area (Å²) in [4.78, 5) is 13.7. The highest BCUT2D eigenvalue weighted by molar-refractivity contribution is 7.10. The van der Waals surface area contributed by atoms with Crippen LogP contribution in [0.4, 0.5) is 18.9 Å². The molecule has 10 heteroatoms. The van der Waals surface area contributed by atoms with E-state index in [0.29, 0.717) is 10.6 Å². The number of aromatic nitrogens is 2. The van der Waals surface area contributed by atoms with Gasteiger partial charge < -0.3 is 9.64 Å². The second-order valence-corrected chi connectivity index (χ2v) is 5.83. The van der Waals surface area contributed by atoms with E-state index >= 15 is 0 Å². The third-order valence-corrected chi connectivity index (χ3v) is 4.13. The van der Waals surface area contributed by atoms with Crippen molar-refractivity contribution in [3.63, 3.8) is 0 Å². The SMILES string of the molecule is COc1ccsc1CN(C(=O)CCl)c1cn(C)nc1C(F)(F)F. The van der Waals surface area contributed by atoms with Crippen LogP contribution in [0.3, 0.4) is 0 Å². The highest BCUT2D eigenvalue weighted by Gasteiger charge is 2.39. The van der Waals surface area contributed by atoms with Crippen molar-refractivity contribution < 1.29 is 22.7 Å². The van der Waals surface area contributed by atoms with Crippen molar-refractivity contribution in [2.75, 3.05) is 17.9 Å². The third-order valence-electron chi connectivity index (χ3n) is 3.01. The Balaban J connectivity index is 2.46. The highest BCUT2D eigenvalue weighted by Crippen LogP contribution is 2.37. The lowest BCUT2D eigenvalue weighted by molar-refractivity contribution is -0.141. The average molecular weight is 368 g/mol. The predicted molar refractivity (Wildman–Crippen MR) is 81.0 cm³/mol. The molecule has 5 nitrogen and oxygen atoms in total. The van der Waals surface area contributed by atoms with Gasteiger partial charge in [0.1, 0.15) is 11.6 Å². The molecule has 0 fully saturated rings. The van der Waals surface area contributed by atoms with Crippen molar-refractivity contribution in [1.29, 1.82) is 0 Å². The molecule has 0 aromatic carbocycles. The van der Waals surface area contributed by atoms with Crippen molar-refractivity contribution in [2.45, 2.75) is 12.7 Å². The number of rotatable bonds is 5. The fourth-order valence-corrected chi connectivity index (χ4v) is 3.00. The number of aryl methyl sites for hydroxylation is 1. The van der Waals surface area contributed by atoms with Gasteiger partial charge in [-0.3, -0.25) is 9.48 Å². The summed E-state index contributed by atoms with van der Waals surface area (Å²) in [7, 11) is 2.80. The van der Waals surface area contributed by atoms with Gasteiger partial charge in [-0.05, 0) is 11.4 Å². The van der Waals surface area contributed by atoms with Crippen LogP contribution in [0.5, 0.6) is 5.75 Å². The maximum absolute atomic E-state index is 13.1. The molecule has 0 N–H and O–H groups in total. The summed E-state index contributed by atoms with van der Waals surface area (Å²) in [6, 6.07) is 1.68. The minimum Gasteiger partial charge on any atom is -0.496 e. The van der Waals surface area contributed by atoms with Gasteiger partial charge in [-0.25, -0.2) is 0 Å². The molecule has 0 bridgehead atoms. The van der Waals surface area contributed by atoms with E-state index in [2.05, 4.69) is 5.10 Å². The van der Waals surface area contributed by atoms with Gasteiger partial charge in [0.15, 0.2) is 5.69 Å². The van der Waals surface area contributed by atoms with E-state index in [-0.39, 0.29) is 12.2 Å². The molecule has 0 spiro atoms. The number of ether oxygens (including phenoxy) is 1. The smallest absolute Gasteiger partial charge is 0.437 e. The molecule has 0 saturated carbocycles. The normalized spacial score (nSPS) is 11.6. The lowest BCUT2D eigenvalue weighted by atomic mass is 10.3. The van der Waals surface area contributed by atoms with Crippen LogP contribution in [-0.2, 0) is 24.6 Å². The topological polar surface area (TPSA) is 47.4 Å². The Labute approximate surface area is 139 Å². The van der Waals surface area contributed by atoms with Crippen molar-refractivity contribution in [3.8, 4) is 5.75 Å². The Hall–Kier alpha value is -1.74. The number of carbonyl (C=O) groups excluding carboxylic acids is 1. The van der Waals surface area contributed by atoms with Crippen LogP contribution in [-0.4, -0.2) is 28.7 Å². The first kappa shape index (κ1) is 17.6. The second-order valence-electron chi connectivity index (χ2n) is 4.56. The van der Waals surface area contributed by atoms with E-state index in [0.717, 1.165) is 15.8 Å². The number of carbonyl (C=O) groups is 1. The van der Waals surface area contributed by atoms with Crippen LogP contribution >= 0.6 is 22.9 Å². The van der Waals surface area contributed by atoms with Crippen LogP contribution < -0.4 is 9.64 Å². The molecule has 0 saturated heterocycles. The lowest BCUT2D eigenvalue weighted by Gasteiger charge is -2.22. The molecule has 2 aromatic rings. The molecule has 2 heterocycles. The molecule has 0 aliphatic carbocycles. The molecule has 126 valence electrons. The van der Waals surface area contributed by atoms with E-state index < -0.39 is 23.7 Å². The third kappa shape index (κ3) is 3.78. The minimum atomic E-state index is -4.68. The number of anilines is 1. The van der Waals surface area contributed by atoms with Crippen molar-refractivity contribution >= 4 is 34.5 Å². The zero-order valence-corrected chi connectivity index (χ0v) is 13.8. The molecule has 2 aromatic heterocycles. The Kier molecular flexibility index (Phi) is 5.20. The maximum atomic E-state index is 13.1. The van der Waals surface area contributed by atoms with Crippen molar-refractivity contribution in [3.05, 3.63) is 28.2 Å². The number of hydrogen-bond acceptors (Lipinski definition) is 4. The number of amides is 1. The average Bonchev–Trinajstić information content (AvgIpc) is 3.09. The number of methoxy groups -OCH3 is 1. The van der Waals surface area contributed by atoms with E-state index in [1.807, 2.05) is 0 Å². The summed E-state index contributed by atoms with van der Waals surface area (Å²) >= 11 is 6.83. The monoisotopic (exact) mass is 367 g/mol. The van der Waals surface area contributed by atoms with E-state index in [1.54, 1.807) is 11.4 Å². The summed E-state index contributed by atoms with van der Waals surface area (Å²) in [5, 5.41) is 5.15. The van der Waals surface area contributed by atoms with Gasteiger partial charge in [0.05, 0.1) is 24.2 Å². The Morgan fingerprint density at radius 3 is 2.78 bits per heavy atom. The predicted octanol–water partition coefficient (Wildman–Crippen LogP) is 3.28. The van der Waals surface area contributed by atoms with E-state index in [1.165, 1.54) is 25.5 Å². The molecule has 2 rings (SSSR count). The zero-order chi connectivity index (χ0) is 17.2. The number of halogens is 4. The lowest BCUT2D eigenvalue weighted by Crippen LogP contribution is -2.32. The maximum Gasteiger partial charge on any atom is 0.437 e. The molecule has 0 atom stereocenters. The molecule has 0 unspecified atom stereocenters. The molecule has 1 amide bonds. The summed E-state index contributed by atoms with van der Waals surface area (Å²) < 4.78 is 45.6. The number of thiophene rings is 1. The zero-order valence-electron chi connectivity index (χ0n) is 12.2. The molecular weight excluding hydrogens is 355 g/mol. The second kappa shape index (κ2) is 6.79. The van der Waals surface area contributed by atoms with Crippen LogP contribution in [0.25, 0.3) is 0 Å². The summed E-state index contributed by atoms with van der Waals surface area (Å²) in [5.74, 6) is -0.597. The molecule has 0 aliphatic heterocycles. The number of hydrogen-bond donors (Lipinski definition) is 0. The van der Waals surface area contributed by atoms with Gasteiger partial charge in [0.2, 0.25) is 5.91 Å². The summed E-state index contributed by atoms with van der Waals surface area (Å²) in [5.41, 5.74) is -1.46. The Bertz CT molecular complexity index is 699. The quantitative estimate of drug-likeness (QED) is 0.762. The van der Waals surface area contributed by atoms with Gasteiger partial charge in [-0.1, -0.05) is 0 Å². The largest absolute Gasteiger partial charge is 0.496 e. The van der Waals surface area contributed by atoms with E-state index in [4.69, 9.17) is 16.3 Å². The van der Waals surface area contributed by atoms with Gasteiger partial charge in [0, 0.05) is 13.2 Å².